The number of primary sulfonamides is 1. The average Bonchev–Trinajstić information content (AvgIpc) is 2.56. The van der Waals surface area contributed by atoms with Gasteiger partial charge in [0.2, 0.25) is 15.9 Å². The third-order valence-corrected chi connectivity index (χ3v) is 4.49. The maximum absolute atomic E-state index is 11.9. The van der Waals surface area contributed by atoms with Crippen molar-refractivity contribution < 1.29 is 13.2 Å². The molecule has 2 rings (SSSR count). The van der Waals surface area contributed by atoms with Crippen molar-refractivity contribution in [3.05, 3.63) is 21.9 Å². The second-order valence-electron chi connectivity index (χ2n) is 4.35. The molecule has 0 radical (unpaired) electrons. The Kier molecular flexibility index (Phi) is 4.14. The SMILES string of the molecule is NS(=O)(=O)CC1CC(=O)N(c2ccc(Cl)nc2Br)C1. The van der Waals surface area contributed by atoms with Gasteiger partial charge < -0.3 is 4.90 Å². The molecular weight excluding hydrogens is 358 g/mol. The zero-order valence-electron chi connectivity index (χ0n) is 9.71. The number of aromatic nitrogens is 1. The molecule has 2 N–H and O–H groups in total. The van der Waals surface area contributed by atoms with Gasteiger partial charge in [0, 0.05) is 18.9 Å². The fraction of sp³-hybridized carbons (Fsp3) is 0.400. The Hall–Kier alpha value is -0.700. The molecule has 0 aliphatic carbocycles. The molecule has 1 amide bonds. The Morgan fingerprint density at radius 2 is 2.21 bits per heavy atom. The predicted octanol–water partition coefficient (Wildman–Crippen LogP) is 1.14. The molecule has 1 aliphatic heterocycles. The Morgan fingerprint density at radius 1 is 1.53 bits per heavy atom. The van der Waals surface area contributed by atoms with Gasteiger partial charge in [-0.05, 0) is 28.1 Å². The van der Waals surface area contributed by atoms with Crippen LogP contribution in [0.25, 0.3) is 0 Å². The van der Waals surface area contributed by atoms with Crippen molar-refractivity contribution >= 4 is 49.1 Å². The van der Waals surface area contributed by atoms with E-state index in [1.165, 1.54) is 4.90 Å². The van der Waals surface area contributed by atoms with E-state index < -0.39 is 10.0 Å². The van der Waals surface area contributed by atoms with E-state index in [1.54, 1.807) is 12.1 Å². The van der Waals surface area contributed by atoms with E-state index in [-0.39, 0.29) is 24.0 Å². The third-order valence-electron chi connectivity index (χ3n) is 2.76. The summed E-state index contributed by atoms with van der Waals surface area (Å²) in [5, 5.41) is 5.31. The Bertz CT molecular complexity index is 622. The Morgan fingerprint density at radius 3 is 2.79 bits per heavy atom. The van der Waals surface area contributed by atoms with Gasteiger partial charge >= 0.3 is 0 Å². The Labute approximate surface area is 124 Å². The number of nitrogens with zero attached hydrogens (tertiary/aromatic N) is 2. The van der Waals surface area contributed by atoms with Gasteiger partial charge in [-0.1, -0.05) is 11.6 Å². The number of anilines is 1. The van der Waals surface area contributed by atoms with Crippen LogP contribution in [0, 0.1) is 5.92 Å². The lowest BCUT2D eigenvalue weighted by molar-refractivity contribution is -0.117. The summed E-state index contributed by atoms with van der Waals surface area (Å²) in [6.07, 6.45) is 0.158. The van der Waals surface area contributed by atoms with Crippen LogP contribution in [-0.2, 0) is 14.8 Å². The first-order valence-corrected chi connectivity index (χ1v) is 8.28. The number of halogens is 2. The molecule has 1 aromatic rings. The van der Waals surface area contributed by atoms with Crippen LogP contribution in [-0.4, -0.2) is 31.6 Å². The van der Waals surface area contributed by atoms with E-state index in [2.05, 4.69) is 20.9 Å². The average molecular weight is 369 g/mol. The van der Waals surface area contributed by atoms with Gasteiger partial charge in [0.25, 0.3) is 0 Å². The number of hydrogen-bond donors (Lipinski definition) is 1. The number of hydrogen-bond acceptors (Lipinski definition) is 4. The fourth-order valence-corrected chi connectivity index (χ4v) is 3.73. The zero-order chi connectivity index (χ0) is 14.2. The van der Waals surface area contributed by atoms with Crippen molar-refractivity contribution in [3.8, 4) is 0 Å². The summed E-state index contributed by atoms with van der Waals surface area (Å²) < 4.78 is 22.6. The molecule has 0 bridgehead atoms. The molecule has 19 heavy (non-hydrogen) atoms. The van der Waals surface area contributed by atoms with Gasteiger partial charge in [0.1, 0.15) is 9.76 Å². The van der Waals surface area contributed by atoms with Crippen LogP contribution in [0.15, 0.2) is 16.7 Å². The van der Waals surface area contributed by atoms with Crippen molar-refractivity contribution in [2.75, 3.05) is 17.2 Å². The number of sulfonamides is 1. The van der Waals surface area contributed by atoms with Gasteiger partial charge in [-0.25, -0.2) is 18.5 Å². The quantitative estimate of drug-likeness (QED) is 0.810. The van der Waals surface area contributed by atoms with E-state index in [9.17, 15) is 13.2 Å². The van der Waals surface area contributed by atoms with Crippen LogP contribution in [0.5, 0.6) is 0 Å². The van der Waals surface area contributed by atoms with Crippen LogP contribution in [0.3, 0.4) is 0 Å². The van der Waals surface area contributed by atoms with E-state index in [4.69, 9.17) is 16.7 Å². The first kappa shape index (κ1) is 14.7. The highest BCUT2D eigenvalue weighted by Gasteiger charge is 2.33. The van der Waals surface area contributed by atoms with Crippen molar-refractivity contribution in [2.45, 2.75) is 6.42 Å². The number of amides is 1. The van der Waals surface area contributed by atoms with Crippen LogP contribution < -0.4 is 10.0 Å². The third kappa shape index (κ3) is 3.65. The summed E-state index contributed by atoms with van der Waals surface area (Å²) in [4.78, 5) is 17.4. The minimum absolute atomic E-state index is 0.154. The Balaban J connectivity index is 2.20. The smallest absolute Gasteiger partial charge is 0.227 e. The topological polar surface area (TPSA) is 93.4 Å². The molecule has 0 saturated carbocycles. The summed E-state index contributed by atoms with van der Waals surface area (Å²) >= 11 is 8.97. The van der Waals surface area contributed by atoms with Crippen molar-refractivity contribution in [2.24, 2.45) is 11.1 Å². The number of nitrogens with two attached hydrogens (primary N) is 1. The molecule has 6 nitrogen and oxygen atoms in total. The van der Waals surface area contributed by atoms with Crippen molar-refractivity contribution in [3.63, 3.8) is 0 Å². The summed E-state index contributed by atoms with van der Waals surface area (Å²) in [5.74, 6) is -0.656. The van der Waals surface area contributed by atoms with Gasteiger partial charge in [-0.2, -0.15) is 0 Å². The minimum atomic E-state index is -3.58. The lowest BCUT2D eigenvalue weighted by Crippen LogP contribution is -2.27. The monoisotopic (exact) mass is 367 g/mol. The first-order valence-electron chi connectivity index (χ1n) is 5.39. The number of carbonyl (C=O) groups is 1. The summed E-state index contributed by atoms with van der Waals surface area (Å²) in [6.45, 7) is 0.303. The number of rotatable bonds is 3. The van der Waals surface area contributed by atoms with Crippen LogP contribution >= 0.6 is 27.5 Å². The summed E-state index contributed by atoms with van der Waals surface area (Å²) in [5.41, 5.74) is 0.575. The van der Waals surface area contributed by atoms with E-state index >= 15 is 0 Å². The predicted molar refractivity (Wildman–Crippen MR) is 75.4 cm³/mol. The molecule has 9 heteroatoms. The molecule has 2 heterocycles. The highest BCUT2D eigenvalue weighted by atomic mass is 79.9. The first-order chi connectivity index (χ1) is 8.76. The number of pyridine rings is 1. The summed E-state index contributed by atoms with van der Waals surface area (Å²) in [6, 6.07) is 3.23. The molecule has 1 atom stereocenters. The lowest BCUT2D eigenvalue weighted by atomic mass is 10.1. The second kappa shape index (κ2) is 5.35. The molecule has 1 saturated heterocycles. The standard InChI is InChI=1S/C10H11BrClN3O3S/c11-10-7(1-2-8(12)14-10)15-4-6(3-9(15)16)5-19(13,17)18/h1-2,6H,3-5H2,(H2,13,17,18). The molecule has 1 fully saturated rings. The highest BCUT2D eigenvalue weighted by molar-refractivity contribution is 9.10. The molecule has 0 aromatic carbocycles. The van der Waals surface area contributed by atoms with E-state index in [1.807, 2.05) is 0 Å². The van der Waals surface area contributed by atoms with Crippen molar-refractivity contribution in [1.29, 1.82) is 0 Å². The normalized spacial score (nSPS) is 20.1. The number of carbonyl (C=O) groups excluding carboxylic acids is 1. The molecule has 104 valence electrons. The molecule has 1 aromatic heterocycles. The van der Waals surface area contributed by atoms with Gasteiger partial charge in [-0.3, -0.25) is 4.79 Å². The van der Waals surface area contributed by atoms with Gasteiger partial charge in [-0.15, -0.1) is 0 Å². The van der Waals surface area contributed by atoms with Gasteiger partial charge in [0.05, 0.1) is 11.4 Å². The lowest BCUT2D eigenvalue weighted by Gasteiger charge is -2.17. The maximum atomic E-state index is 11.9. The van der Waals surface area contributed by atoms with Gasteiger partial charge in [0.15, 0.2) is 0 Å². The molecule has 1 unspecified atom stereocenters. The van der Waals surface area contributed by atoms with Crippen LogP contribution in [0.1, 0.15) is 6.42 Å². The zero-order valence-corrected chi connectivity index (χ0v) is 12.9. The molecular formula is C10H11BrClN3O3S. The van der Waals surface area contributed by atoms with Crippen LogP contribution in [0.2, 0.25) is 5.15 Å². The van der Waals surface area contributed by atoms with Crippen LogP contribution in [0.4, 0.5) is 5.69 Å². The van der Waals surface area contributed by atoms with E-state index in [0.29, 0.717) is 22.0 Å². The summed E-state index contributed by atoms with van der Waals surface area (Å²) in [7, 11) is -3.58. The fourth-order valence-electron chi connectivity index (χ4n) is 2.06. The molecule has 0 spiro atoms. The minimum Gasteiger partial charge on any atom is -0.310 e. The largest absolute Gasteiger partial charge is 0.310 e. The maximum Gasteiger partial charge on any atom is 0.227 e. The van der Waals surface area contributed by atoms with E-state index in [0.717, 1.165) is 0 Å². The molecule has 1 aliphatic rings. The van der Waals surface area contributed by atoms with Crippen molar-refractivity contribution in [1.82, 2.24) is 4.98 Å². The second-order valence-corrected chi connectivity index (χ2v) is 7.15. The highest BCUT2D eigenvalue weighted by Crippen LogP contribution is 2.31.